The normalized spacial score (nSPS) is 14.0. The molecule has 0 bridgehead atoms. The second-order valence-electron chi connectivity index (χ2n) is 32.4. The third-order valence-corrected chi connectivity index (χ3v) is 23.0. The first-order chi connectivity index (χ1) is 51.9. The van der Waals surface area contributed by atoms with E-state index in [9.17, 15) is 43.2 Å². The van der Waals surface area contributed by atoms with Crippen LogP contribution in [0.5, 0.6) is 0 Å². The van der Waals surface area contributed by atoms with E-state index < -0.39 is 97.5 Å². The molecule has 636 valence electrons. The Kier molecular flexibility index (Phi) is 77.9. The van der Waals surface area contributed by atoms with Gasteiger partial charge >= 0.3 is 39.5 Å². The van der Waals surface area contributed by atoms with Gasteiger partial charge in [-0.2, -0.15) is 0 Å². The average Bonchev–Trinajstić information content (AvgIpc) is 0.903. The molecule has 17 nitrogen and oxygen atoms in total. The van der Waals surface area contributed by atoms with E-state index in [1.807, 2.05) is 0 Å². The first-order valence-corrected chi connectivity index (χ1v) is 48.5. The molecule has 0 fully saturated rings. The van der Waals surface area contributed by atoms with Crippen LogP contribution in [0.25, 0.3) is 0 Å². The quantitative estimate of drug-likeness (QED) is 0.0222. The van der Waals surface area contributed by atoms with E-state index >= 15 is 0 Å². The lowest BCUT2D eigenvalue weighted by Gasteiger charge is -2.21. The zero-order valence-corrected chi connectivity index (χ0v) is 72.2. The van der Waals surface area contributed by atoms with E-state index in [4.69, 9.17) is 37.0 Å². The van der Waals surface area contributed by atoms with Crippen molar-refractivity contribution >= 4 is 39.5 Å². The smallest absolute Gasteiger partial charge is 0.462 e. The van der Waals surface area contributed by atoms with E-state index in [2.05, 4.69) is 41.5 Å². The van der Waals surface area contributed by atoms with Gasteiger partial charge in [-0.3, -0.25) is 37.3 Å². The number of aliphatic hydroxyl groups is 1. The molecule has 0 aromatic carbocycles. The summed E-state index contributed by atoms with van der Waals surface area (Å²) in [5.74, 6) is -0.449. The second kappa shape index (κ2) is 79.3. The molecule has 0 aliphatic rings. The number of aliphatic hydroxyl groups excluding tert-OH is 1. The molecule has 0 aliphatic heterocycles. The lowest BCUT2D eigenvalue weighted by Crippen LogP contribution is -2.30. The number of unbranched alkanes of at least 4 members (excludes halogenated alkanes) is 56. The summed E-state index contributed by atoms with van der Waals surface area (Å²) in [6, 6.07) is 0. The minimum Gasteiger partial charge on any atom is -0.462 e. The summed E-state index contributed by atoms with van der Waals surface area (Å²) >= 11 is 0. The molecule has 0 rings (SSSR count). The summed E-state index contributed by atoms with van der Waals surface area (Å²) in [6.45, 7) is 9.77. The molecule has 3 N–H and O–H groups in total. The van der Waals surface area contributed by atoms with Crippen LogP contribution in [0.1, 0.15) is 472 Å². The van der Waals surface area contributed by atoms with Crippen LogP contribution in [-0.2, 0) is 65.4 Å². The number of ether oxygens (including phenoxy) is 4. The topological polar surface area (TPSA) is 237 Å². The maximum atomic E-state index is 13.2. The number of hydrogen-bond acceptors (Lipinski definition) is 15. The van der Waals surface area contributed by atoms with E-state index in [0.29, 0.717) is 25.7 Å². The van der Waals surface area contributed by atoms with Crippen LogP contribution in [0, 0.1) is 11.8 Å². The summed E-state index contributed by atoms with van der Waals surface area (Å²) in [4.78, 5) is 73.3. The minimum atomic E-state index is -4.97. The van der Waals surface area contributed by atoms with Gasteiger partial charge in [-0.05, 0) is 37.5 Å². The van der Waals surface area contributed by atoms with Crippen molar-refractivity contribution in [1.29, 1.82) is 0 Å². The summed E-state index contributed by atoms with van der Waals surface area (Å²) in [6.07, 6.45) is 72.1. The molecule has 0 aromatic heterocycles. The van der Waals surface area contributed by atoms with Crippen molar-refractivity contribution in [3.05, 3.63) is 0 Å². The van der Waals surface area contributed by atoms with Gasteiger partial charge in [0.05, 0.1) is 26.4 Å². The number of esters is 4. The number of hydrogen-bond donors (Lipinski definition) is 3. The van der Waals surface area contributed by atoms with Crippen LogP contribution in [-0.4, -0.2) is 96.7 Å². The molecular weight excluding hydrogens is 1390 g/mol. The molecule has 107 heavy (non-hydrogen) atoms. The second-order valence-corrected chi connectivity index (χ2v) is 35.3. The number of phosphoric ester groups is 2. The van der Waals surface area contributed by atoms with Crippen molar-refractivity contribution in [2.24, 2.45) is 11.8 Å². The van der Waals surface area contributed by atoms with Crippen molar-refractivity contribution in [1.82, 2.24) is 0 Å². The predicted octanol–water partition coefficient (Wildman–Crippen LogP) is 27.0. The highest BCUT2D eigenvalue weighted by Gasteiger charge is 2.31. The van der Waals surface area contributed by atoms with Crippen molar-refractivity contribution in [2.75, 3.05) is 39.6 Å². The fourth-order valence-electron chi connectivity index (χ4n) is 13.7. The summed E-state index contributed by atoms with van der Waals surface area (Å²) in [7, 11) is -9.93. The summed E-state index contributed by atoms with van der Waals surface area (Å²) in [5, 5.41) is 10.7. The molecule has 0 amide bonds. The van der Waals surface area contributed by atoms with E-state index in [0.717, 1.165) is 102 Å². The maximum absolute atomic E-state index is 13.2. The first kappa shape index (κ1) is 105. The Morgan fingerprint density at radius 3 is 0.710 bits per heavy atom. The van der Waals surface area contributed by atoms with E-state index in [-0.39, 0.29) is 25.7 Å². The average molecular weight is 1560 g/mol. The molecule has 19 heteroatoms. The fraction of sp³-hybridized carbons (Fsp3) is 0.955. The van der Waals surface area contributed by atoms with Crippen molar-refractivity contribution in [2.45, 2.75) is 490 Å². The molecule has 0 heterocycles. The van der Waals surface area contributed by atoms with Gasteiger partial charge in [-0.15, -0.1) is 0 Å². The van der Waals surface area contributed by atoms with Gasteiger partial charge in [0.1, 0.15) is 19.3 Å². The zero-order valence-electron chi connectivity index (χ0n) is 70.5. The van der Waals surface area contributed by atoms with Gasteiger partial charge in [0.2, 0.25) is 0 Å². The Hall–Kier alpha value is -1.94. The Balaban J connectivity index is 5.25. The van der Waals surface area contributed by atoms with Crippen molar-refractivity contribution < 1.29 is 80.2 Å². The maximum Gasteiger partial charge on any atom is 0.472 e. The monoisotopic (exact) mass is 1560 g/mol. The van der Waals surface area contributed by atoms with Crippen molar-refractivity contribution in [3.8, 4) is 0 Å². The largest absolute Gasteiger partial charge is 0.472 e. The summed E-state index contributed by atoms with van der Waals surface area (Å²) in [5.41, 5.74) is 0. The molecule has 0 radical (unpaired) electrons. The Bertz CT molecular complexity index is 2050. The molecule has 0 saturated heterocycles. The van der Waals surface area contributed by atoms with Crippen LogP contribution in [0.15, 0.2) is 0 Å². The molecule has 6 atom stereocenters. The SMILES string of the molecule is CCCCCCCCCCCCCCCCCCCC(=O)OC[C@H](COP(=O)(O)OC[C@@H](O)COP(=O)(O)OC[C@@H](COC(=O)CCCCCCCCCCCCCCC)OC(=O)CCCCCCCCCCCCCCC(C)C)OC(=O)CCCCCCCCCCCCCCCCCCCCC(C)CC. The third kappa shape index (κ3) is 80.5. The third-order valence-electron chi connectivity index (χ3n) is 21.1. The van der Waals surface area contributed by atoms with E-state index in [1.54, 1.807) is 0 Å². The molecule has 0 aliphatic carbocycles. The van der Waals surface area contributed by atoms with Gasteiger partial charge in [0, 0.05) is 25.7 Å². The fourth-order valence-corrected chi connectivity index (χ4v) is 15.3. The Morgan fingerprint density at radius 1 is 0.271 bits per heavy atom. The van der Waals surface area contributed by atoms with Crippen LogP contribution < -0.4 is 0 Å². The van der Waals surface area contributed by atoms with Gasteiger partial charge in [0.25, 0.3) is 0 Å². The number of carbonyl (C=O) groups is 4. The van der Waals surface area contributed by atoms with E-state index in [1.165, 1.54) is 289 Å². The standard InChI is InChI=1S/C88H172O17P2/c1-7-10-12-14-16-18-20-22-23-26-30-34-41-47-53-59-65-71-86(91)99-77-83(104-87(92)72-66-60-54-48-42-35-31-28-25-24-27-29-33-39-45-51-57-63-69-81(6)9-3)78-102-106(94,95)100-74-82(89)75-101-107(96,97)103-79-84(76-98-85(90)70-64-58-52-46-40-32-21-19-17-15-13-11-8-2)105-88(93)73-67-61-55-49-43-37-36-38-44-50-56-62-68-80(4)5/h80-84,89H,7-79H2,1-6H3,(H,94,95)(H,96,97)/t81?,82-,83-,84-/m1/s1. The highest BCUT2D eigenvalue weighted by Crippen LogP contribution is 2.45. The van der Waals surface area contributed by atoms with Crippen molar-refractivity contribution in [3.63, 3.8) is 0 Å². The highest BCUT2D eigenvalue weighted by atomic mass is 31.2. The molecule has 0 aromatic rings. The Morgan fingerprint density at radius 2 is 0.477 bits per heavy atom. The minimum absolute atomic E-state index is 0.108. The lowest BCUT2D eigenvalue weighted by molar-refractivity contribution is -0.161. The molecule has 0 saturated carbocycles. The van der Waals surface area contributed by atoms with Gasteiger partial charge in [0.15, 0.2) is 12.2 Å². The van der Waals surface area contributed by atoms with Gasteiger partial charge in [-0.25, -0.2) is 9.13 Å². The van der Waals surface area contributed by atoms with Gasteiger partial charge < -0.3 is 33.8 Å². The van der Waals surface area contributed by atoms with Crippen LogP contribution in [0.4, 0.5) is 0 Å². The Labute approximate surface area is 658 Å². The molecule has 3 unspecified atom stereocenters. The highest BCUT2D eigenvalue weighted by molar-refractivity contribution is 7.47. The number of carbonyl (C=O) groups excluding carboxylic acids is 4. The molecular formula is C88H172O17P2. The zero-order chi connectivity index (χ0) is 78.5. The van der Waals surface area contributed by atoms with Gasteiger partial charge in [-0.1, -0.05) is 420 Å². The van der Waals surface area contributed by atoms with Crippen LogP contribution in [0.2, 0.25) is 0 Å². The first-order valence-electron chi connectivity index (χ1n) is 45.5. The van der Waals surface area contributed by atoms with Crippen LogP contribution >= 0.6 is 15.6 Å². The predicted molar refractivity (Wildman–Crippen MR) is 442 cm³/mol. The molecule has 0 spiro atoms. The lowest BCUT2D eigenvalue weighted by atomic mass is 9.99. The number of rotatable bonds is 87. The summed E-state index contributed by atoms with van der Waals surface area (Å²) < 4.78 is 69.0. The van der Waals surface area contributed by atoms with Crippen LogP contribution in [0.3, 0.4) is 0 Å². The number of phosphoric acid groups is 2.